The highest BCUT2D eigenvalue weighted by molar-refractivity contribution is 5.97. The number of anilines is 1. The monoisotopic (exact) mass is 721 g/mol. The van der Waals surface area contributed by atoms with Crippen LogP contribution in [0.4, 0.5) is 5.69 Å². The predicted molar refractivity (Wildman–Crippen MR) is 205 cm³/mol. The number of likely N-dealkylation sites (N-methyl/N-ethyl adjacent to an activating group) is 1. The van der Waals surface area contributed by atoms with Gasteiger partial charge in [0.05, 0.1) is 26.4 Å². The van der Waals surface area contributed by atoms with E-state index in [4.69, 9.17) is 9.57 Å². The fourth-order valence-corrected chi connectivity index (χ4v) is 9.05. The Morgan fingerprint density at radius 2 is 1.81 bits per heavy atom. The van der Waals surface area contributed by atoms with Crippen LogP contribution in [0.15, 0.2) is 36.4 Å². The lowest BCUT2D eigenvalue weighted by molar-refractivity contribution is -0.183. The number of hydrogen-bond donors (Lipinski definition) is 4. The van der Waals surface area contributed by atoms with E-state index in [0.717, 1.165) is 35.3 Å². The van der Waals surface area contributed by atoms with Gasteiger partial charge in [0.2, 0.25) is 5.91 Å². The zero-order chi connectivity index (χ0) is 38.2. The highest BCUT2D eigenvalue weighted by Crippen LogP contribution is 2.61. The summed E-state index contributed by atoms with van der Waals surface area (Å²) in [7, 11) is 9.51. The van der Waals surface area contributed by atoms with E-state index in [1.165, 1.54) is 6.42 Å². The number of carbonyl (C=O) groups excluding carboxylic acids is 2. The molecule has 4 fully saturated rings. The number of rotatable bonds is 14. The molecule has 2 amide bonds. The zero-order valence-electron chi connectivity index (χ0n) is 33.1. The van der Waals surface area contributed by atoms with Crippen molar-refractivity contribution in [3.63, 3.8) is 0 Å². The van der Waals surface area contributed by atoms with E-state index in [0.29, 0.717) is 29.1 Å². The number of nitrogens with zero attached hydrogens (tertiary/aromatic N) is 3. The van der Waals surface area contributed by atoms with E-state index in [1.807, 2.05) is 69.5 Å². The zero-order valence-corrected chi connectivity index (χ0v) is 33.1. The third kappa shape index (κ3) is 7.99. The predicted octanol–water partition coefficient (Wildman–Crippen LogP) is 4.40. The molecule has 2 bridgehead atoms. The van der Waals surface area contributed by atoms with Gasteiger partial charge in [0.15, 0.2) is 0 Å². The van der Waals surface area contributed by atoms with E-state index >= 15 is 0 Å². The van der Waals surface area contributed by atoms with Crippen LogP contribution >= 0.6 is 0 Å². The van der Waals surface area contributed by atoms with Crippen molar-refractivity contribution in [1.29, 1.82) is 0 Å². The smallest absolute Gasteiger partial charge is 0.251 e. The molecule has 2 aromatic carbocycles. The van der Waals surface area contributed by atoms with E-state index in [9.17, 15) is 19.8 Å². The van der Waals surface area contributed by atoms with Crippen LogP contribution in [-0.4, -0.2) is 111 Å². The molecule has 1 aliphatic heterocycles. The van der Waals surface area contributed by atoms with Crippen molar-refractivity contribution in [2.24, 2.45) is 35.0 Å². The quantitative estimate of drug-likeness (QED) is 0.225. The number of benzene rings is 2. The highest BCUT2D eigenvalue weighted by atomic mass is 16.7. The van der Waals surface area contributed by atoms with Gasteiger partial charge in [-0.3, -0.25) is 14.4 Å². The van der Waals surface area contributed by atoms with Crippen molar-refractivity contribution in [2.45, 2.75) is 91.3 Å². The maximum absolute atomic E-state index is 14.2. The second kappa shape index (κ2) is 16.0. The van der Waals surface area contributed by atoms with Gasteiger partial charge >= 0.3 is 0 Å². The summed E-state index contributed by atoms with van der Waals surface area (Å²) >= 11 is 0. The molecule has 3 saturated carbocycles. The molecule has 0 spiro atoms. The molecule has 6 rings (SSSR count). The van der Waals surface area contributed by atoms with Crippen molar-refractivity contribution in [3.8, 4) is 16.9 Å². The Morgan fingerprint density at radius 3 is 2.37 bits per heavy atom. The first-order chi connectivity index (χ1) is 24.5. The molecule has 2 aromatic rings. The molecule has 288 valence electrons. The third-order valence-corrected chi connectivity index (χ3v) is 12.4. The number of aliphatic hydroxyl groups is 2. The minimum atomic E-state index is -0.895. The molecule has 1 saturated heterocycles. The number of ether oxygens (including phenoxy) is 1. The molecule has 4 N–H and O–H groups in total. The summed E-state index contributed by atoms with van der Waals surface area (Å²) in [5.41, 5.74) is 4.06. The maximum atomic E-state index is 14.2. The summed E-state index contributed by atoms with van der Waals surface area (Å²) in [6.45, 7) is 13.3. The van der Waals surface area contributed by atoms with Crippen LogP contribution in [0.1, 0.15) is 70.3 Å². The molecule has 0 unspecified atom stereocenters. The molecule has 3 aliphatic carbocycles. The molecule has 9 atom stereocenters. The number of nitrogens with one attached hydrogen (secondary N) is 2. The Hall–Kier alpha value is -3.22. The standard InChI is InChI=1S/C41H63N5O6/c1-23(2)34(21-44(7)8)43-39(49)28-15-27(16-30(17-28)45(9)10)31-14-12-13-26(38(31)51-11)20-46-37(36(25(4)48)35(22-47)52-46)40(50)42-33-19-29-18-32(24(33)3)41(29,5)6/h12-17,23-25,29,32-37,47-48H,18-22H2,1-11H3,(H,42,50)(H,43,49)/t24-,25-,29+,32-,33-,34+,35-,36+,37-/m0/s1. The van der Waals surface area contributed by atoms with Crippen LogP contribution in [-0.2, 0) is 16.2 Å². The van der Waals surface area contributed by atoms with Crippen LogP contribution < -0.4 is 20.3 Å². The Labute approximate surface area is 311 Å². The largest absolute Gasteiger partial charge is 0.496 e. The van der Waals surface area contributed by atoms with Crippen LogP contribution in [0.3, 0.4) is 0 Å². The van der Waals surface area contributed by atoms with Crippen LogP contribution in [0, 0.1) is 35.0 Å². The normalized spacial score (nSPS) is 27.9. The minimum absolute atomic E-state index is 0.0236. The second-order valence-electron chi connectivity index (χ2n) is 17.0. The molecule has 11 nitrogen and oxygen atoms in total. The molecule has 11 heteroatoms. The first-order valence-corrected chi connectivity index (χ1v) is 18.9. The number of para-hydroxylation sites is 1. The lowest BCUT2D eigenvalue weighted by Crippen LogP contribution is -2.62. The van der Waals surface area contributed by atoms with Crippen LogP contribution in [0.2, 0.25) is 0 Å². The van der Waals surface area contributed by atoms with Gasteiger partial charge in [-0.05, 0) is 86.7 Å². The first kappa shape index (κ1) is 40.0. The van der Waals surface area contributed by atoms with Crippen molar-refractivity contribution >= 4 is 17.5 Å². The van der Waals surface area contributed by atoms with Crippen LogP contribution in [0.5, 0.6) is 5.75 Å². The summed E-state index contributed by atoms with van der Waals surface area (Å²) < 4.78 is 6.08. The Balaban J connectivity index is 1.45. The van der Waals surface area contributed by atoms with Crippen molar-refractivity contribution < 1.29 is 29.4 Å². The van der Waals surface area contributed by atoms with Crippen LogP contribution in [0.25, 0.3) is 11.1 Å². The third-order valence-electron chi connectivity index (χ3n) is 12.4. The van der Waals surface area contributed by atoms with Gasteiger partial charge in [0.1, 0.15) is 17.9 Å². The Morgan fingerprint density at radius 1 is 1.10 bits per heavy atom. The van der Waals surface area contributed by atoms with E-state index in [-0.39, 0.29) is 48.4 Å². The number of carbonyl (C=O) groups is 2. The van der Waals surface area contributed by atoms with Crippen molar-refractivity contribution in [2.75, 3.05) is 53.4 Å². The maximum Gasteiger partial charge on any atom is 0.251 e. The summed E-state index contributed by atoms with van der Waals surface area (Å²) in [6.07, 6.45) is 0.494. The average Bonchev–Trinajstić information content (AvgIpc) is 3.46. The fourth-order valence-electron chi connectivity index (χ4n) is 9.05. The van der Waals surface area contributed by atoms with Gasteiger partial charge < -0.3 is 35.4 Å². The fraction of sp³-hybridized carbons (Fsp3) is 0.659. The minimum Gasteiger partial charge on any atom is -0.496 e. The van der Waals surface area contributed by atoms with Gasteiger partial charge in [0.25, 0.3) is 5.91 Å². The molecule has 0 aromatic heterocycles. The van der Waals surface area contributed by atoms with Gasteiger partial charge in [-0.25, -0.2) is 0 Å². The van der Waals surface area contributed by atoms with Crippen molar-refractivity contribution in [3.05, 3.63) is 47.5 Å². The van der Waals surface area contributed by atoms with E-state index < -0.39 is 24.2 Å². The van der Waals surface area contributed by atoms with Gasteiger partial charge in [-0.15, -0.1) is 0 Å². The molecule has 4 aliphatic rings. The number of fused-ring (bicyclic) bond motifs is 2. The Kier molecular flexibility index (Phi) is 12.3. The Bertz CT molecular complexity index is 1580. The second-order valence-corrected chi connectivity index (χ2v) is 17.0. The lowest BCUT2D eigenvalue weighted by Gasteiger charge is -2.62. The summed E-state index contributed by atoms with van der Waals surface area (Å²) in [5, 5.41) is 29.5. The van der Waals surface area contributed by atoms with Gasteiger partial charge in [-0.2, -0.15) is 5.06 Å². The van der Waals surface area contributed by atoms with Gasteiger partial charge in [-0.1, -0.05) is 52.8 Å². The van der Waals surface area contributed by atoms with E-state index in [1.54, 1.807) is 19.1 Å². The number of amides is 2. The topological polar surface area (TPSA) is 127 Å². The molecular weight excluding hydrogens is 658 g/mol. The number of hydrogen-bond acceptors (Lipinski definition) is 9. The summed E-state index contributed by atoms with van der Waals surface area (Å²) in [4.78, 5) is 38.3. The molecule has 0 radical (unpaired) electrons. The lowest BCUT2D eigenvalue weighted by atomic mass is 9.45. The highest BCUT2D eigenvalue weighted by Gasteiger charge is 2.57. The SMILES string of the molecule is COc1c(CN2O[C@@H](CO)[C@@H]([C@H](C)O)[C@H]2C(=O)N[C@H]2C[C@H]3C[C@@H]([C@@H]2C)C3(C)C)cccc1-c1cc(C(=O)N[C@H](CN(C)C)C(C)C)cc(N(C)C)c1. The molecular formula is C41H63N5O6. The first-order valence-electron chi connectivity index (χ1n) is 18.9. The average molecular weight is 722 g/mol. The number of aliphatic hydroxyl groups excluding tert-OH is 2. The van der Waals surface area contributed by atoms with Gasteiger partial charge in [0, 0.05) is 61.0 Å². The molecule has 1 heterocycles. The summed E-state index contributed by atoms with van der Waals surface area (Å²) in [6, 6.07) is 10.8. The molecule has 52 heavy (non-hydrogen) atoms. The number of hydroxylamine groups is 2. The number of methoxy groups -OCH3 is 1. The van der Waals surface area contributed by atoms with Crippen molar-refractivity contribution in [1.82, 2.24) is 20.6 Å². The van der Waals surface area contributed by atoms with E-state index in [2.05, 4.69) is 50.2 Å². The summed E-state index contributed by atoms with van der Waals surface area (Å²) in [5.74, 6) is 1.33.